The minimum absolute atomic E-state index is 0.228. The van der Waals surface area contributed by atoms with Crippen LogP contribution in [0.4, 0.5) is 5.82 Å². The Balaban J connectivity index is 1.38. The molecule has 0 radical (unpaired) electrons. The van der Waals surface area contributed by atoms with Gasteiger partial charge in [0.15, 0.2) is 5.79 Å². The second-order valence-corrected chi connectivity index (χ2v) is 6.40. The van der Waals surface area contributed by atoms with Gasteiger partial charge in [-0.05, 0) is 11.6 Å². The highest BCUT2D eigenvalue weighted by Crippen LogP contribution is 2.32. The number of pyridine rings is 1. The van der Waals surface area contributed by atoms with Crippen molar-refractivity contribution in [2.24, 2.45) is 0 Å². The van der Waals surface area contributed by atoms with Crippen molar-refractivity contribution in [2.45, 2.75) is 25.2 Å². The molecule has 1 spiro atoms. The number of piperidine rings is 1. The SMILES string of the molecule is O=C(NCc1cccnc1)c1cc(N2CCC3(CC2)OCCO3)ncn1. The summed E-state index contributed by atoms with van der Waals surface area (Å²) in [7, 11) is 0. The molecule has 2 aliphatic rings. The van der Waals surface area contributed by atoms with E-state index < -0.39 is 5.79 Å². The predicted octanol–water partition coefficient (Wildman–Crippen LogP) is 1.14. The highest BCUT2D eigenvalue weighted by molar-refractivity contribution is 5.92. The number of ether oxygens (including phenoxy) is 2. The van der Waals surface area contributed by atoms with Gasteiger partial charge in [0, 0.05) is 50.9 Å². The van der Waals surface area contributed by atoms with Gasteiger partial charge in [-0.3, -0.25) is 9.78 Å². The molecule has 2 aromatic heterocycles. The number of rotatable bonds is 4. The Labute approximate surface area is 151 Å². The molecule has 1 N–H and O–H groups in total. The number of nitrogens with zero attached hydrogens (tertiary/aromatic N) is 4. The standard InChI is InChI=1S/C18H21N5O3/c24-17(20-12-14-2-1-5-19-11-14)15-10-16(22-13-21-15)23-6-3-18(4-7-23)25-8-9-26-18/h1-2,5,10-11,13H,3-4,6-9,12H2,(H,20,24). The zero-order chi connectivity index (χ0) is 17.8. The van der Waals surface area contributed by atoms with E-state index in [1.807, 2.05) is 12.1 Å². The largest absolute Gasteiger partial charge is 0.356 e. The molecule has 8 heteroatoms. The third kappa shape index (κ3) is 3.66. The molecule has 0 unspecified atom stereocenters. The van der Waals surface area contributed by atoms with Crippen molar-refractivity contribution < 1.29 is 14.3 Å². The fourth-order valence-corrected chi connectivity index (χ4v) is 3.28. The first-order chi connectivity index (χ1) is 12.7. The van der Waals surface area contributed by atoms with E-state index in [0.717, 1.165) is 37.3 Å². The first-order valence-corrected chi connectivity index (χ1v) is 8.76. The average molecular weight is 355 g/mol. The van der Waals surface area contributed by atoms with Crippen LogP contribution in [0.15, 0.2) is 36.9 Å². The van der Waals surface area contributed by atoms with E-state index in [2.05, 4.69) is 25.2 Å². The molecule has 0 aliphatic carbocycles. The lowest BCUT2D eigenvalue weighted by Gasteiger charge is -2.38. The van der Waals surface area contributed by atoms with E-state index in [1.165, 1.54) is 6.33 Å². The van der Waals surface area contributed by atoms with E-state index in [9.17, 15) is 4.79 Å². The normalized spacial score (nSPS) is 18.8. The summed E-state index contributed by atoms with van der Waals surface area (Å²) in [5, 5.41) is 2.86. The van der Waals surface area contributed by atoms with Gasteiger partial charge in [0.1, 0.15) is 17.8 Å². The summed E-state index contributed by atoms with van der Waals surface area (Å²) >= 11 is 0. The van der Waals surface area contributed by atoms with Gasteiger partial charge in [-0.25, -0.2) is 9.97 Å². The number of carbonyl (C=O) groups is 1. The summed E-state index contributed by atoms with van der Waals surface area (Å²) in [6, 6.07) is 5.48. The molecule has 26 heavy (non-hydrogen) atoms. The van der Waals surface area contributed by atoms with Crippen LogP contribution in [0.5, 0.6) is 0 Å². The molecule has 136 valence electrons. The van der Waals surface area contributed by atoms with Crippen LogP contribution in [-0.2, 0) is 16.0 Å². The second-order valence-electron chi connectivity index (χ2n) is 6.40. The minimum atomic E-state index is -0.423. The van der Waals surface area contributed by atoms with Crippen LogP contribution in [0, 0.1) is 0 Å². The summed E-state index contributed by atoms with van der Waals surface area (Å²) in [4.78, 5) is 27.0. The fraction of sp³-hybridized carbons (Fsp3) is 0.444. The third-order valence-corrected chi connectivity index (χ3v) is 4.72. The van der Waals surface area contributed by atoms with E-state index in [-0.39, 0.29) is 5.91 Å². The van der Waals surface area contributed by atoms with Crippen molar-refractivity contribution in [1.82, 2.24) is 20.3 Å². The smallest absolute Gasteiger partial charge is 0.270 e. The van der Waals surface area contributed by atoms with E-state index in [0.29, 0.717) is 25.5 Å². The van der Waals surface area contributed by atoms with Crippen LogP contribution in [-0.4, -0.2) is 52.9 Å². The molecule has 2 aliphatic heterocycles. The number of amides is 1. The number of aromatic nitrogens is 3. The van der Waals surface area contributed by atoms with E-state index in [4.69, 9.17) is 9.47 Å². The summed E-state index contributed by atoms with van der Waals surface area (Å²) in [5.41, 5.74) is 1.29. The zero-order valence-corrected chi connectivity index (χ0v) is 14.4. The van der Waals surface area contributed by atoms with Gasteiger partial charge in [-0.1, -0.05) is 6.07 Å². The van der Waals surface area contributed by atoms with Crippen molar-refractivity contribution in [3.8, 4) is 0 Å². The molecule has 0 bridgehead atoms. The lowest BCUT2D eigenvalue weighted by molar-refractivity contribution is -0.169. The molecule has 2 aromatic rings. The van der Waals surface area contributed by atoms with E-state index in [1.54, 1.807) is 18.5 Å². The average Bonchev–Trinajstić information content (AvgIpc) is 3.15. The van der Waals surface area contributed by atoms with Crippen LogP contribution < -0.4 is 10.2 Å². The van der Waals surface area contributed by atoms with Gasteiger partial charge in [-0.15, -0.1) is 0 Å². The molecule has 0 aromatic carbocycles. The van der Waals surface area contributed by atoms with Crippen LogP contribution in [0.3, 0.4) is 0 Å². The molecule has 8 nitrogen and oxygen atoms in total. The maximum atomic E-state index is 12.4. The Hall–Kier alpha value is -2.58. The molecular formula is C18H21N5O3. The number of carbonyl (C=O) groups excluding carboxylic acids is 1. The van der Waals surface area contributed by atoms with Crippen LogP contribution >= 0.6 is 0 Å². The molecule has 4 rings (SSSR count). The van der Waals surface area contributed by atoms with Crippen LogP contribution in [0.25, 0.3) is 0 Å². The third-order valence-electron chi connectivity index (χ3n) is 4.72. The molecule has 4 heterocycles. The maximum absolute atomic E-state index is 12.4. The minimum Gasteiger partial charge on any atom is -0.356 e. The lowest BCUT2D eigenvalue weighted by atomic mass is 10.0. The Morgan fingerprint density at radius 3 is 2.77 bits per heavy atom. The molecule has 1 amide bonds. The van der Waals surface area contributed by atoms with Gasteiger partial charge in [0.25, 0.3) is 5.91 Å². The zero-order valence-electron chi connectivity index (χ0n) is 14.4. The Bertz CT molecular complexity index is 754. The maximum Gasteiger partial charge on any atom is 0.270 e. The van der Waals surface area contributed by atoms with Gasteiger partial charge in [-0.2, -0.15) is 0 Å². The van der Waals surface area contributed by atoms with Crippen molar-refractivity contribution in [3.63, 3.8) is 0 Å². The first kappa shape index (κ1) is 16.9. The molecule has 0 saturated carbocycles. The van der Waals surface area contributed by atoms with Crippen molar-refractivity contribution in [2.75, 3.05) is 31.2 Å². The summed E-state index contributed by atoms with van der Waals surface area (Å²) in [5.74, 6) is 0.0980. The molecule has 0 atom stereocenters. The number of hydrogen-bond acceptors (Lipinski definition) is 7. The van der Waals surface area contributed by atoms with E-state index >= 15 is 0 Å². The van der Waals surface area contributed by atoms with Crippen molar-refractivity contribution in [1.29, 1.82) is 0 Å². The highest BCUT2D eigenvalue weighted by atomic mass is 16.7. The van der Waals surface area contributed by atoms with Crippen molar-refractivity contribution in [3.05, 3.63) is 48.2 Å². The number of hydrogen-bond donors (Lipinski definition) is 1. The fourth-order valence-electron chi connectivity index (χ4n) is 3.28. The summed E-state index contributed by atoms with van der Waals surface area (Å²) < 4.78 is 11.5. The first-order valence-electron chi connectivity index (χ1n) is 8.76. The molecule has 2 fully saturated rings. The van der Waals surface area contributed by atoms with Crippen LogP contribution in [0.1, 0.15) is 28.9 Å². The summed E-state index contributed by atoms with van der Waals surface area (Å²) in [6.45, 7) is 3.28. The second kappa shape index (κ2) is 7.35. The Morgan fingerprint density at radius 2 is 2.04 bits per heavy atom. The quantitative estimate of drug-likeness (QED) is 0.880. The number of anilines is 1. The predicted molar refractivity (Wildman–Crippen MR) is 93.5 cm³/mol. The Kier molecular flexibility index (Phi) is 4.77. The number of nitrogens with one attached hydrogen (secondary N) is 1. The van der Waals surface area contributed by atoms with Crippen LogP contribution in [0.2, 0.25) is 0 Å². The van der Waals surface area contributed by atoms with Gasteiger partial charge >= 0.3 is 0 Å². The molecular weight excluding hydrogens is 334 g/mol. The molecule has 2 saturated heterocycles. The topological polar surface area (TPSA) is 89.5 Å². The monoisotopic (exact) mass is 355 g/mol. The lowest BCUT2D eigenvalue weighted by Crippen LogP contribution is -2.45. The van der Waals surface area contributed by atoms with Gasteiger partial charge in [0.2, 0.25) is 0 Å². The summed E-state index contributed by atoms with van der Waals surface area (Å²) in [6.07, 6.45) is 6.44. The van der Waals surface area contributed by atoms with Gasteiger partial charge in [0.05, 0.1) is 13.2 Å². The highest BCUT2D eigenvalue weighted by Gasteiger charge is 2.40. The Morgan fingerprint density at radius 1 is 1.23 bits per heavy atom. The van der Waals surface area contributed by atoms with Crippen molar-refractivity contribution >= 4 is 11.7 Å². The van der Waals surface area contributed by atoms with Gasteiger partial charge < -0.3 is 19.7 Å².